The van der Waals surface area contributed by atoms with Gasteiger partial charge in [0.05, 0.1) is 7.11 Å². The van der Waals surface area contributed by atoms with Gasteiger partial charge in [-0.2, -0.15) is 0 Å². The van der Waals surface area contributed by atoms with Gasteiger partial charge in [-0.05, 0) is 26.2 Å². The molecule has 0 saturated heterocycles. The number of ether oxygens (including phenoxy) is 1. The summed E-state index contributed by atoms with van der Waals surface area (Å²) in [6, 6.07) is 0. The van der Waals surface area contributed by atoms with Crippen LogP contribution in [0.3, 0.4) is 0 Å². The van der Waals surface area contributed by atoms with Gasteiger partial charge in [0.1, 0.15) is 5.82 Å². The summed E-state index contributed by atoms with van der Waals surface area (Å²) < 4.78 is 4.69. The molecule has 74 valence electrons. The standard InChI is InChI=1S/C10H12N2O2/c1-6-11-8-5-3-4-7(8)9(12-6)10(13)14-2/h3-5H2,1-2H3. The van der Waals surface area contributed by atoms with Crippen LogP contribution in [0.15, 0.2) is 0 Å². The molecule has 1 aliphatic carbocycles. The summed E-state index contributed by atoms with van der Waals surface area (Å²) >= 11 is 0. The first-order valence-corrected chi connectivity index (χ1v) is 4.67. The van der Waals surface area contributed by atoms with Crippen molar-refractivity contribution in [3.63, 3.8) is 0 Å². The average molecular weight is 192 g/mol. The molecule has 4 nitrogen and oxygen atoms in total. The molecule has 0 unspecified atom stereocenters. The van der Waals surface area contributed by atoms with Gasteiger partial charge in [-0.25, -0.2) is 14.8 Å². The fourth-order valence-corrected chi connectivity index (χ4v) is 1.82. The van der Waals surface area contributed by atoms with Crippen LogP contribution in [0.1, 0.15) is 34.0 Å². The number of fused-ring (bicyclic) bond motifs is 1. The van der Waals surface area contributed by atoms with Crippen LogP contribution in [0.5, 0.6) is 0 Å². The Morgan fingerprint density at radius 1 is 1.36 bits per heavy atom. The molecular formula is C10H12N2O2. The number of carbonyl (C=O) groups is 1. The topological polar surface area (TPSA) is 52.1 Å². The number of esters is 1. The molecule has 0 radical (unpaired) electrons. The molecule has 0 amide bonds. The molecule has 0 spiro atoms. The summed E-state index contributed by atoms with van der Waals surface area (Å²) in [4.78, 5) is 19.9. The predicted molar refractivity (Wildman–Crippen MR) is 50.1 cm³/mol. The minimum absolute atomic E-state index is 0.353. The van der Waals surface area contributed by atoms with Gasteiger partial charge in [-0.1, -0.05) is 0 Å². The van der Waals surface area contributed by atoms with E-state index in [1.54, 1.807) is 6.92 Å². The normalized spacial score (nSPS) is 13.9. The Labute approximate surface area is 82.3 Å². The van der Waals surface area contributed by atoms with Crippen LogP contribution >= 0.6 is 0 Å². The summed E-state index contributed by atoms with van der Waals surface area (Å²) in [5.74, 6) is 0.291. The zero-order valence-corrected chi connectivity index (χ0v) is 8.33. The number of carbonyl (C=O) groups excluding carboxylic acids is 1. The lowest BCUT2D eigenvalue weighted by Gasteiger charge is -2.05. The maximum absolute atomic E-state index is 11.4. The van der Waals surface area contributed by atoms with Crippen molar-refractivity contribution in [3.8, 4) is 0 Å². The number of aryl methyl sites for hydroxylation is 2. The molecular weight excluding hydrogens is 180 g/mol. The highest BCUT2D eigenvalue weighted by Crippen LogP contribution is 2.22. The molecule has 1 aromatic rings. The summed E-state index contributed by atoms with van der Waals surface area (Å²) in [5.41, 5.74) is 2.44. The summed E-state index contributed by atoms with van der Waals surface area (Å²) in [7, 11) is 1.38. The van der Waals surface area contributed by atoms with Crippen LogP contribution in [0, 0.1) is 6.92 Å². The quantitative estimate of drug-likeness (QED) is 0.624. The van der Waals surface area contributed by atoms with Gasteiger partial charge in [0.25, 0.3) is 0 Å². The minimum Gasteiger partial charge on any atom is -0.464 e. The first-order valence-electron chi connectivity index (χ1n) is 4.67. The summed E-state index contributed by atoms with van der Waals surface area (Å²) in [6.07, 6.45) is 2.89. The average Bonchev–Trinajstić information content (AvgIpc) is 2.62. The Balaban J connectivity index is 2.54. The molecule has 0 saturated carbocycles. The fraction of sp³-hybridized carbons (Fsp3) is 0.500. The highest BCUT2D eigenvalue weighted by atomic mass is 16.5. The van der Waals surface area contributed by atoms with Crippen LogP contribution in [0.2, 0.25) is 0 Å². The van der Waals surface area contributed by atoms with Gasteiger partial charge in [0.15, 0.2) is 5.69 Å². The Morgan fingerprint density at radius 2 is 2.14 bits per heavy atom. The van der Waals surface area contributed by atoms with E-state index < -0.39 is 0 Å². The third kappa shape index (κ3) is 1.36. The van der Waals surface area contributed by atoms with Crippen molar-refractivity contribution in [3.05, 3.63) is 22.8 Å². The molecule has 0 N–H and O–H groups in total. The van der Waals surface area contributed by atoms with Crippen molar-refractivity contribution < 1.29 is 9.53 Å². The van der Waals surface area contributed by atoms with Gasteiger partial charge in [0.2, 0.25) is 0 Å². The second-order valence-corrected chi connectivity index (χ2v) is 3.39. The Morgan fingerprint density at radius 3 is 2.86 bits per heavy atom. The molecule has 2 rings (SSSR count). The van der Waals surface area contributed by atoms with E-state index in [9.17, 15) is 4.79 Å². The number of hydrogen-bond acceptors (Lipinski definition) is 4. The highest BCUT2D eigenvalue weighted by molar-refractivity contribution is 5.89. The number of aromatic nitrogens is 2. The van der Waals surface area contributed by atoms with Crippen LogP contribution < -0.4 is 0 Å². The summed E-state index contributed by atoms with van der Waals surface area (Å²) in [6.45, 7) is 1.80. The van der Waals surface area contributed by atoms with E-state index in [4.69, 9.17) is 0 Å². The monoisotopic (exact) mass is 192 g/mol. The van der Waals surface area contributed by atoms with Crippen LogP contribution in [-0.4, -0.2) is 23.0 Å². The van der Waals surface area contributed by atoms with E-state index in [1.165, 1.54) is 7.11 Å². The molecule has 0 aromatic carbocycles. The predicted octanol–water partition coefficient (Wildman–Crippen LogP) is 1.06. The molecule has 1 heterocycles. The number of methoxy groups -OCH3 is 1. The van der Waals surface area contributed by atoms with E-state index in [1.807, 2.05) is 0 Å². The Hall–Kier alpha value is -1.45. The largest absolute Gasteiger partial charge is 0.464 e. The molecule has 0 aliphatic heterocycles. The first kappa shape index (κ1) is 9.12. The fourth-order valence-electron chi connectivity index (χ4n) is 1.82. The van der Waals surface area contributed by atoms with Gasteiger partial charge in [-0.15, -0.1) is 0 Å². The second-order valence-electron chi connectivity index (χ2n) is 3.39. The van der Waals surface area contributed by atoms with E-state index in [-0.39, 0.29) is 5.97 Å². The molecule has 0 atom stereocenters. The molecule has 1 aliphatic rings. The van der Waals surface area contributed by atoms with Gasteiger partial charge in [-0.3, -0.25) is 0 Å². The Bertz CT molecular complexity index is 388. The molecule has 4 heteroatoms. The minimum atomic E-state index is -0.353. The zero-order chi connectivity index (χ0) is 10.1. The van der Waals surface area contributed by atoms with Crippen LogP contribution in [-0.2, 0) is 17.6 Å². The van der Waals surface area contributed by atoms with Crippen molar-refractivity contribution in [1.29, 1.82) is 0 Å². The van der Waals surface area contributed by atoms with Crippen molar-refractivity contribution in [2.45, 2.75) is 26.2 Å². The SMILES string of the molecule is COC(=O)c1nc(C)nc2c1CCC2. The van der Waals surface area contributed by atoms with Gasteiger partial charge >= 0.3 is 5.97 Å². The number of nitrogens with zero attached hydrogens (tertiary/aromatic N) is 2. The van der Waals surface area contributed by atoms with Crippen LogP contribution in [0.25, 0.3) is 0 Å². The lowest BCUT2D eigenvalue weighted by Crippen LogP contribution is -2.11. The van der Waals surface area contributed by atoms with Gasteiger partial charge < -0.3 is 4.74 Å². The van der Waals surface area contributed by atoms with E-state index in [0.717, 1.165) is 30.5 Å². The lowest BCUT2D eigenvalue weighted by molar-refractivity contribution is 0.0592. The maximum Gasteiger partial charge on any atom is 0.357 e. The lowest BCUT2D eigenvalue weighted by atomic mass is 10.2. The molecule has 14 heavy (non-hydrogen) atoms. The van der Waals surface area contributed by atoms with Crippen LogP contribution in [0.4, 0.5) is 0 Å². The van der Waals surface area contributed by atoms with Crippen molar-refractivity contribution in [1.82, 2.24) is 9.97 Å². The second kappa shape index (κ2) is 3.36. The number of hydrogen-bond donors (Lipinski definition) is 0. The maximum atomic E-state index is 11.4. The van der Waals surface area contributed by atoms with E-state index >= 15 is 0 Å². The number of rotatable bonds is 1. The molecule has 1 aromatic heterocycles. The molecule has 0 fully saturated rings. The van der Waals surface area contributed by atoms with E-state index in [2.05, 4.69) is 14.7 Å². The van der Waals surface area contributed by atoms with E-state index in [0.29, 0.717) is 11.5 Å². The first-order chi connectivity index (χ1) is 6.72. The third-order valence-corrected chi connectivity index (χ3v) is 2.42. The van der Waals surface area contributed by atoms with Crippen molar-refractivity contribution >= 4 is 5.97 Å². The Kier molecular flexibility index (Phi) is 2.19. The smallest absolute Gasteiger partial charge is 0.357 e. The molecule has 0 bridgehead atoms. The highest BCUT2D eigenvalue weighted by Gasteiger charge is 2.22. The zero-order valence-electron chi connectivity index (χ0n) is 8.33. The van der Waals surface area contributed by atoms with Crippen molar-refractivity contribution in [2.75, 3.05) is 7.11 Å². The third-order valence-electron chi connectivity index (χ3n) is 2.42. The summed E-state index contributed by atoms with van der Waals surface area (Å²) in [5, 5.41) is 0. The van der Waals surface area contributed by atoms with Gasteiger partial charge in [0, 0.05) is 11.3 Å². The van der Waals surface area contributed by atoms with Crippen molar-refractivity contribution in [2.24, 2.45) is 0 Å².